The zero-order valence-electron chi connectivity index (χ0n) is 25.0. The third-order valence-corrected chi connectivity index (χ3v) is 8.78. The number of methoxy groups -OCH3 is 1. The average Bonchev–Trinajstić information content (AvgIpc) is 3.72. The van der Waals surface area contributed by atoms with Crippen molar-refractivity contribution >= 4 is 56.3 Å². The number of rotatable bonds is 8. The van der Waals surface area contributed by atoms with Crippen LogP contribution in [-0.4, -0.2) is 48.3 Å². The Morgan fingerprint density at radius 1 is 1.12 bits per heavy atom. The number of nitrogens with two attached hydrogens (primary N) is 1. The minimum Gasteiger partial charge on any atom is -0.497 e. The van der Waals surface area contributed by atoms with E-state index in [-0.39, 0.29) is 37.6 Å². The van der Waals surface area contributed by atoms with Crippen molar-refractivity contribution in [2.75, 3.05) is 12.4 Å². The van der Waals surface area contributed by atoms with Crippen LogP contribution in [0.15, 0.2) is 42.6 Å². The molecule has 5 aromatic heterocycles. The molecule has 11 nitrogen and oxygen atoms in total. The lowest BCUT2D eigenvalue weighted by Crippen LogP contribution is -2.18. The zero-order chi connectivity index (χ0) is 34.7. The number of aromatic nitrogens is 6. The van der Waals surface area contributed by atoms with Gasteiger partial charge in [-0.05, 0) is 43.7 Å². The number of primary amides is 1. The fourth-order valence-electron chi connectivity index (χ4n) is 5.12. The van der Waals surface area contributed by atoms with Crippen LogP contribution in [-0.2, 0) is 12.7 Å². The lowest BCUT2D eigenvalue weighted by molar-refractivity contribution is -0.142. The first-order valence-corrected chi connectivity index (χ1v) is 15.1. The Kier molecular flexibility index (Phi) is 8.28. The summed E-state index contributed by atoms with van der Waals surface area (Å²) in [7, 11) is 1.39. The zero-order valence-corrected chi connectivity index (χ0v) is 26.6. The highest BCUT2D eigenvalue weighted by Crippen LogP contribution is 2.44. The van der Waals surface area contributed by atoms with E-state index >= 15 is 0 Å². The molecule has 0 saturated carbocycles. The number of fused-ring (bicyclic) bond motifs is 2. The van der Waals surface area contributed by atoms with Gasteiger partial charge in [0, 0.05) is 29.3 Å². The maximum Gasteiger partial charge on any atom is 0.433 e. The number of anilines is 1. The van der Waals surface area contributed by atoms with Crippen LogP contribution in [0.5, 0.6) is 5.75 Å². The van der Waals surface area contributed by atoms with Gasteiger partial charge in [0.15, 0.2) is 17.0 Å². The number of alkyl halides is 5. The summed E-state index contributed by atoms with van der Waals surface area (Å²) in [5.74, 6) is -1.79. The van der Waals surface area contributed by atoms with Crippen molar-refractivity contribution in [1.82, 2.24) is 29.4 Å². The molecule has 0 unspecified atom stereocenters. The van der Waals surface area contributed by atoms with Crippen molar-refractivity contribution in [1.29, 1.82) is 0 Å². The second kappa shape index (κ2) is 12.1. The fourth-order valence-corrected chi connectivity index (χ4v) is 6.38. The molecular formula is C30H22ClF5N8O3S. The minimum absolute atomic E-state index is 0.0550. The molecule has 6 aromatic rings. The van der Waals surface area contributed by atoms with E-state index in [2.05, 4.69) is 25.5 Å². The van der Waals surface area contributed by atoms with Crippen molar-refractivity contribution in [3.05, 3.63) is 75.3 Å². The summed E-state index contributed by atoms with van der Waals surface area (Å²) in [6.07, 6.45) is -6.33. The van der Waals surface area contributed by atoms with E-state index in [4.69, 9.17) is 22.1 Å². The molecule has 1 aromatic carbocycles. The Morgan fingerprint density at radius 3 is 2.50 bits per heavy atom. The van der Waals surface area contributed by atoms with Gasteiger partial charge in [-0.1, -0.05) is 23.7 Å². The summed E-state index contributed by atoms with van der Waals surface area (Å²) in [4.78, 5) is 34.3. The molecule has 18 heteroatoms. The normalized spacial score (nSPS) is 12.0. The van der Waals surface area contributed by atoms with Gasteiger partial charge in [0.2, 0.25) is 0 Å². The lowest BCUT2D eigenvalue weighted by atomic mass is 10.0. The van der Waals surface area contributed by atoms with Gasteiger partial charge < -0.3 is 15.8 Å². The summed E-state index contributed by atoms with van der Waals surface area (Å²) in [5, 5.41) is 10.3. The van der Waals surface area contributed by atoms with Gasteiger partial charge in [0.1, 0.15) is 26.2 Å². The largest absolute Gasteiger partial charge is 0.497 e. The Hall–Kier alpha value is -5.16. The van der Waals surface area contributed by atoms with E-state index < -0.39 is 52.2 Å². The van der Waals surface area contributed by atoms with Crippen LogP contribution in [0, 0.1) is 6.92 Å². The van der Waals surface area contributed by atoms with Crippen molar-refractivity contribution in [3.63, 3.8) is 0 Å². The number of hydrogen-bond acceptors (Lipinski definition) is 8. The average molecular weight is 705 g/mol. The molecule has 0 fully saturated rings. The topological polar surface area (TPSA) is 142 Å². The predicted molar refractivity (Wildman–Crippen MR) is 168 cm³/mol. The Balaban J connectivity index is 1.53. The monoisotopic (exact) mass is 704 g/mol. The summed E-state index contributed by atoms with van der Waals surface area (Å²) < 4.78 is 77.9. The summed E-state index contributed by atoms with van der Waals surface area (Å²) >= 11 is 7.14. The number of ether oxygens (including phenoxy) is 1. The first-order chi connectivity index (χ1) is 22.7. The maximum absolute atomic E-state index is 14.3. The molecule has 6 rings (SSSR count). The second-order valence-corrected chi connectivity index (χ2v) is 11.7. The maximum atomic E-state index is 14.3. The predicted octanol–water partition coefficient (Wildman–Crippen LogP) is 7.17. The molecule has 3 N–H and O–H groups in total. The molecule has 0 atom stereocenters. The number of benzene rings is 1. The van der Waals surface area contributed by atoms with E-state index in [0.717, 1.165) is 12.1 Å². The Bertz CT molecular complexity index is 2260. The SMILES string of the molecule is CCn1cc(-c2cc(C(F)F)nc3sc(C(N)=O)c(NC(=O)c4nn5c(C(F)(F)F)cc(-c6cccc(OC)c6)nc5c4Cl)c23)c(C)n1. The van der Waals surface area contributed by atoms with E-state index in [9.17, 15) is 31.5 Å². The third kappa shape index (κ3) is 5.68. The quantitative estimate of drug-likeness (QED) is 0.160. The van der Waals surface area contributed by atoms with Crippen LogP contribution in [0.1, 0.15) is 50.6 Å². The summed E-state index contributed by atoms with van der Waals surface area (Å²) in [6, 6.07) is 8.02. The summed E-state index contributed by atoms with van der Waals surface area (Å²) in [5.41, 5.74) is 3.55. The number of amides is 2. The van der Waals surface area contributed by atoms with E-state index in [0.29, 0.717) is 39.4 Å². The van der Waals surface area contributed by atoms with E-state index in [1.165, 1.54) is 19.2 Å². The molecule has 48 heavy (non-hydrogen) atoms. The fraction of sp³-hybridized carbons (Fsp3) is 0.200. The number of pyridine rings is 1. The van der Waals surface area contributed by atoms with Gasteiger partial charge in [0.05, 0.1) is 24.2 Å². The van der Waals surface area contributed by atoms with Gasteiger partial charge in [-0.25, -0.2) is 23.3 Å². The van der Waals surface area contributed by atoms with Crippen LogP contribution in [0.2, 0.25) is 5.02 Å². The smallest absolute Gasteiger partial charge is 0.433 e. The highest BCUT2D eigenvalue weighted by atomic mass is 35.5. The van der Waals surface area contributed by atoms with Crippen LogP contribution in [0.3, 0.4) is 0 Å². The molecule has 0 aliphatic heterocycles. The number of carbonyl (C=O) groups excluding carboxylic acids is 2. The summed E-state index contributed by atoms with van der Waals surface area (Å²) in [6.45, 7) is 3.93. The molecule has 248 valence electrons. The molecule has 0 radical (unpaired) electrons. The van der Waals surface area contributed by atoms with Crippen molar-refractivity contribution in [3.8, 4) is 28.1 Å². The van der Waals surface area contributed by atoms with Crippen LogP contribution in [0.25, 0.3) is 38.2 Å². The van der Waals surface area contributed by atoms with Crippen molar-refractivity contribution in [2.24, 2.45) is 5.73 Å². The van der Waals surface area contributed by atoms with Gasteiger partial charge >= 0.3 is 6.18 Å². The van der Waals surface area contributed by atoms with Crippen molar-refractivity contribution in [2.45, 2.75) is 33.0 Å². The molecule has 2 amide bonds. The highest BCUT2D eigenvalue weighted by molar-refractivity contribution is 7.21. The number of carbonyl (C=O) groups is 2. The van der Waals surface area contributed by atoms with Gasteiger partial charge in [-0.2, -0.15) is 23.4 Å². The molecule has 5 heterocycles. The van der Waals surface area contributed by atoms with Gasteiger partial charge in [0.25, 0.3) is 18.2 Å². The molecule has 0 saturated heterocycles. The number of thiophene rings is 1. The van der Waals surface area contributed by atoms with Crippen LogP contribution < -0.4 is 15.8 Å². The molecule has 0 aliphatic carbocycles. The van der Waals surface area contributed by atoms with E-state index in [1.807, 2.05) is 6.92 Å². The Morgan fingerprint density at radius 2 is 1.88 bits per heavy atom. The first-order valence-electron chi connectivity index (χ1n) is 13.9. The first kappa shape index (κ1) is 32.8. The molecule has 0 aliphatic rings. The van der Waals surface area contributed by atoms with E-state index in [1.54, 1.807) is 29.9 Å². The second-order valence-electron chi connectivity index (χ2n) is 10.3. The lowest BCUT2D eigenvalue weighted by Gasteiger charge is -2.11. The molecule has 0 spiro atoms. The Labute approximate surface area is 276 Å². The standard InChI is InChI=1S/C30H22ClF5N8O3S/c1-4-43-11-16(12(2)41-43)15-9-18(25(32)33)39-29-20(15)22(24(48-29)26(37)45)40-28(46)23-21(31)27-38-17(13-6-5-7-14(8-13)47-3)10-19(30(34,35)36)44(27)42-23/h5-11,25H,4H2,1-3H3,(H2,37,45)(H,40,46). The minimum atomic E-state index is -4.95. The van der Waals surface area contributed by atoms with Crippen LogP contribution in [0.4, 0.5) is 27.6 Å². The number of halogens is 6. The number of hydrogen-bond donors (Lipinski definition) is 2. The number of aryl methyl sites for hydroxylation is 2. The molecular weight excluding hydrogens is 683 g/mol. The van der Waals surface area contributed by atoms with Gasteiger partial charge in [-0.15, -0.1) is 11.3 Å². The van der Waals surface area contributed by atoms with Crippen molar-refractivity contribution < 1.29 is 36.3 Å². The highest BCUT2D eigenvalue weighted by Gasteiger charge is 2.37. The number of nitrogens with one attached hydrogen (secondary N) is 1. The third-order valence-electron chi connectivity index (χ3n) is 7.33. The molecule has 0 bridgehead atoms. The van der Waals surface area contributed by atoms with Gasteiger partial charge in [-0.3, -0.25) is 14.3 Å². The number of nitrogens with zero attached hydrogens (tertiary/aromatic N) is 6. The van der Waals surface area contributed by atoms with Crippen LogP contribution >= 0.6 is 22.9 Å².